The molecule has 24 heavy (non-hydrogen) atoms. The van der Waals surface area contributed by atoms with E-state index in [-0.39, 0.29) is 5.91 Å². The molecule has 2 aliphatic heterocycles. The number of carbonyl (C=O) groups excluding carboxylic acids is 1. The Morgan fingerprint density at radius 2 is 1.88 bits per heavy atom. The highest BCUT2D eigenvalue weighted by Gasteiger charge is 2.34. The third kappa shape index (κ3) is 3.02. The fourth-order valence-corrected chi connectivity index (χ4v) is 3.77. The molecule has 4 nitrogen and oxygen atoms in total. The average molecular weight is 321 g/mol. The summed E-state index contributed by atoms with van der Waals surface area (Å²) in [5.74, 6) is -0.0285. The van der Waals surface area contributed by atoms with E-state index in [9.17, 15) is 4.79 Å². The van der Waals surface area contributed by atoms with Crippen molar-refractivity contribution in [3.05, 3.63) is 59.7 Å². The molecule has 2 heterocycles. The van der Waals surface area contributed by atoms with E-state index in [1.54, 1.807) is 0 Å². The molecule has 0 unspecified atom stereocenters. The predicted octanol–water partition coefficient (Wildman–Crippen LogP) is 2.89. The van der Waals surface area contributed by atoms with Crippen LogP contribution in [-0.2, 0) is 17.8 Å². The molecule has 2 aromatic rings. The van der Waals surface area contributed by atoms with Gasteiger partial charge in [0, 0.05) is 44.5 Å². The Bertz CT molecular complexity index is 735. The SMILES string of the molecule is CC(=O)Nc1ccc(CN2CC(N3CCc4ccccc43)C2)cc1. The van der Waals surface area contributed by atoms with Gasteiger partial charge in [0.1, 0.15) is 0 Å². The van der Waals surface area contributed by atoms with Crippen molar-refractivity contribution in [1.29, 1.82) is 0 Å². The van der Waals surface area contributed by atoms with Crippen LogP contribution in [0.3, 0.4) is 0 Å². The number of hydrogen-bond donors (Lipinski definition) is 1. The zero-order valence-electron chi connectivity index (χ0n) is 14.0. The predicted molar refractivity (Wildman–Crippen MR) is 97.3 cm³/mol. The minimum atomic E-state index is -0.0285. The molecule has 124 valence electrons. The number of benzene rings is 2. The van der Waals surface area contributed by atoms with Gasteiger partial charge < -0.3 is 10.2 Å². The van der Waals surface area contributed by atoms with Crippen molar-refractivity contribution in [1.82, 2.24) is 4.90 Å². The molecule has 0 spiro atoms. The number of fused-ring (bicyclic) bond motifs is 1. The molecular weight excluding hydrogens is 298 g/mol. The van der Waals surface area contributed by atoms with Gasteiger partial charge in [-0.25, -0.2) is 0 Å². The first-order valence-corrected chi connectivity index (χ1v) is 8.62. The standard InChI is InChI=1S/C20H23N3O/c1-15(24)21-18-8-6-16(7-9-18)12-22-13-19(14-22)23-11-10-17-4-2-3-5-20(17)23/h2-9,19H,10-14H2,1H3,(H,21,24). The van der Waals surface area contributed by atoms with Crippen LogP contribution < -0.4 is 10.2 Å². The van der Waals surface area contributed by atoms with Gasteiger partial charge in [-0.05, 0) is 35.7 Å². The number of rotatable bonds is 4. The maximum atomic E-state index is 11.1. The second-order valence-corrected chi connectivity index (χ2v) is 6.80. The van der Waals surface area contributed by atoms with Crippen LogP contribution in [0.25, 0.3) is 0 Å². The van der Waals surface area contributed by atoms with Crippen LogP contribution in [0.2, 0.25) is 0 Å². The highest BCUT2D eigenvalue weighted by Crippen LogP contribution is 2.32. The summed E-state index contributed by atoms with van der Waals surface area (Å²) in [4.78, 5) is 16.1. The molecule has 1 N–H and O–H groups in total. The smallest absolute Gasteiger partial charge is 0.221 e. The summed E-state index contributed by atoms with van der Waals surface area (Å²) >= 11 is 0. The largest absolute Gasteiger partial charge is 0.365 e. The van der Waals surface area contributed by atoms with Gasteiger partial charge in [-0.3, -0.25) is 9.69 Å². The van der Waals surface area contributed by atoms with Crippen LogP contribution in [0.4, 0.5) is 11.4 Å². The van der Waals surface area contributed by atoms with Gasteiger partial charge in [0.15, 0.2) is 0 Å². The molecular formula is C20H23N3O. The Kier molecular flexibility index (Phi) is 3.98. The van der Waals surface area contributed by atoms with Crippen molar-refractivity contribution in [3.63, 3.8) is 0 Å². The molecule has 1 amide bonds. The van der Waals surface area contributed by atoms with E-state index in [4.69, 9.17) is 0 Å². The lowest BCUT2D eigenvalue weighted by Gasteiger charge is -2.45. The second kappa shape index (κ2) is 6.29. The van der Waals surface area contributed by atoms with Gasteiger partial charge in [-0.15, -0.1) is 0 Å². The van der Waals surface area contributed by atoms with Crippen LogP contribution in [0.1, 0.15) is 18.1 Å². The number of amides is 1. The van der Waals surface area contributed by atoms with E-state index in [2.05, 4.69) is 51.5 Å². The number of nitrogens with one attached hydrogen (secondary N) is 1. The monoisotopic (exact) mass is 321 g/mol. The first kappa shape index (κ1) is 15.2. The molecule has 0 radical (unpaired) electrons. The Morgan fingerprint density at radius 3 is 2.62 bits per heavy atom. The summed E-state index contributed by atoms with van der Waals surface area (Å²) in [6, 6.07) is 17.6. The van der Waals surface area contributed by atoms with E-state index in [1.807, 2.05) is 12.1 Å². The van der Waals surface area contributed by atoms with Crippen molar-refractivity contribution in [2.24, 2.45) is 0 Å². The zero-order chi connectivity index (χ0) is 16.5. The Morgan fingerprint density at radius 1 is 1.12 bits per heavy atom. The van der Waals surface area contributed by atoms with Gasteiger partial charge in [0.25, 0.3) is 0 Å². The fourth-order valence-electron chi connectivity index (χ4n) is 3.77. The third-order valence-corrected chi connectivity index (χ3v) is 4.98. The highest BCUT2D eigenvalue weighted by molar-refractivity contribution is 5.88. The number of likely N-dealkylation sites (tertiary alicyclic amines) is 1. The summed E-state index contributed by atoms with van der Waals surface area (Å²) in [6.07, 6.45) is 1.18. The van der Waals surface area contributed by atoms with Gasteiger partial charge in [-0.2, -0.15) is 0 Å². The number of hydrogen-bond acceptors (Lipinski definition) is 3. The van der Waals surface area contributed by atoms with Crippen LogP contribution >= 0.6 is 0 Å². The summed E-state index contributed by atoms with van der Waals surface area (Å²) in [5.41, 5.74) is 5.08. The topological polar surface area (TPSA) is 35.6 Å². The summed E-state index contributed by atoms with van der Waals surface area (Å²) in [5, 5.41) is 2.81. The van der Waals surface area contributed by atoms with Crippen molar-refractivity contribution in [3.8, 4) is 0 Å². The van der Waals surface area contributed by atoms with Crippen LogP contribution in [0.5, 0.6) is 0 Å². The lowest BCUT2D eigenvalue weighted by molar-refractivity contribution is -0.114. The van der Waals surface area contributed by atoms with Gasteiger partial charge in [-0.1, -0.05) is 30.3 Å². The Hall–Kier alpha value is -2.33. The maximum absolute atomic E-state index is 11.1. The molecule has 0 atom stereocenters. The minimum Gasteiger partial charge on any atom is -0.365 e. The van der Waals surface area contributed by atoms with E-state index >= 15 is 0 Å². The van der Waals surface area contributed by atoms with Gasteiger partial charge in [0.2, 0.25) is 5.91 Å². The van der Waals surface area contributed by atoms with Crippen LogP contribution in [-0.4, -0.2) is 36.5 Å². The van der Waals surface area contributed by atoms with Gasteiger partial charge >= 0.3 is 0 Å². The lowest BCUT2D eigenvalue weighted by atomic mass is 10.0. The number of para-hydroxylation sites is 1. The maximum Gasteiger partial charge on any atom is 0.221 e. The van der Waals surface area contributed by atoms with Crippen LogP contribution in [0, 0.1) is 0 Å². The quantitative estimate of drug-likeness (QED) is 0.940. The Labute approximate surface area is 143 Å². The Balaban J connectivity index is 1.31. The lowest BCUT2D eigenvalue weighted by Crippen LogP contribution is -2.58. The molecule has 1 saturated heterocycles. The van der Waals surface area contributed by atoms with Crippen molar-refractivity contribution in [2.75, 3.05) is 29.9 Å². The number of anilines is 2. The molecule has 2 aromatic carbocycles. The van der Waals surface area contributed by atoms with E-state index in [0.717, 1.165) is 31.9 Å². The van der Waals surface area contributed by atoms with E-state index < -0.39 is 0 Å². The van der Waals surface area contributed by atoms with Gasteiger partial charge in [0.05, 0.1) is 6.04 Å². The molecule has 0 bridgehead atoms. The summed E-state index contributed by atoms with van der Waals surface area (Å²) in [6.45, 7) is 5.92. The average Bonchev–Trinajstić information content (AvgIpc) is 2.95. The highest BCUT2D eigenvalue weighted by atomic mass is 16.1. The number of carbonyl (C=O) groups is 1. The third-order valence-electron chi connectivity index (χ3n) is 4.98. The van der Waals surface area contributed by atoms with E-state index in [0.29, 0.717) is 6.04 Å². The van der Waals surface area contributed by atoms with Crippen molar-refractivity contribution < 1.29 is 4.79 Å². The van der Waals surface area contributed by atoms with Crippen molar-refractivity contribution in [2.45, 2.75) is 25.9 Å². The first-order chi connectivity index (χ1) is 11.7. The molecule has 4 rings (SSSR count). The molecule has 0 aliphatic carbocycles. The molecule has 0 saturated carbocycles. The molecule has 2 aliphatic rings. The normalized spacial score (nSPS) is 17.5. The molecule has 1 fully saturated rings. The van der Waals surface area contributed by atoms with Crippen LogP contribution in [0.15, 0.2) is 48.5 Å². The zero-order valence-corrected chi connectivity index (χ0v) is 14.0. The summed E-state index contributed by atoms with van der Waals surface area (Å²) in [7, 11) is 0. The molecule has 4 heteroatoms. The molecule has 0 aromatic heterocycles. The number of nitrogens with zero attached hydrogens (tertiary/aromatic N) is 2. The van der Waals surface area contributed by atoms with E-state index in [1.165, 1.54) is 30.2 Å². The first-order valence-electron chi connectivity index (χ1n) is 8.62. The van der Waals surface area contributed by atoms with Crippen molar-refractivity contribution >= 4 is 17.3 Å². The summed E-state index contributed by atoms with van der Waals surface area (Å²) < 4.78 is 0. The minimum absolute atomic E-state index is 0.0285. The second-order valence-electron chi connectivity index (χ2n) is 6.80. The fraction of sp³-hybridized carbons (Fsp3) is 0.350.